The molecule has 5 nitrogen and oxygen atoms in total. The lowest BCUT2D eigenvalue weighted by molar-refractivity contribution is -0.119. The molecule has 0 unspecified atom stereocenters. The van der Waals surface area contributed by atoms with Crippen molar-refractivity contribution in [1.82, 2.24) is 5.32 Å². The normalized spacial score (nSPS) is 11.3. The van der Waals surface area contributed by atoms with Gasteiger partial charge in [-0.3, -0.25) is 9.10 Å². The molecule has 9 heteroatoms. The molecule has 0 atom stereocenters. The number of nitrogens with zero attached hydrogens (tertiary/aromatic N) is 1. The Balaban J connectivity index is 1.59. The van der Waals surface area contributed by atoms with Gasteiger partial charge in [0, 0.05) is 17.3 Å². The van der Waals surface area contributed by atoms with Gasteiger partial charge in [0.1, 0.15) is 12.4 Å². The molecule has 0 fully saturated rings. The number of halogens is 2. The van der Waals surface area contributed by atoms with Crippen LogP contribution in [0.4, 0.5) is 10.1 Å². The lowest BCUT2D eigenvalue weighted by atomic mass is 10.2. The second kappa shape index (κ2) is 12.2. The molecule has 0 saturated heterocycles. The second-order valence-corrected chi connectivity index (χ2v) is 11.1. The van der Waals surface area contributed by atoms with Crippen LogP contribution in [0.2, 0.25) is 5.02 Å². The quantitative estimate of drug-likeness (QED) is 0.343. The van der Waals surface area contributed by atoms with E-state index in [2.05, 4.69) is 5.32 Å². The fourth-order valence-corrected chi connectivity index (χ4v) is 5.70. The molecule has 3 aromatic rings. The number of carbonyl (C=O) groups excluding carboxylic acids is 1. The van der Waals surface area contributed by atoms with E-state index < -0.39 is 15.9 Å². The van der Waals surface area contributed by atoms with Gasteiger partial charge in [-0.05, 0) is 72.7 Å². The van der Waals surface area contributed by atoms with E-state index in [0.29, 0.717) is 35.0 Å². The largest absolute Gasteiger partial charge is 0.354 e. The van der Waals surface area contributed by atoms with E-state index in [1.807, 2.05) is 13.0 Å². The summed E-state index contributed by atoms with van der Waals surface area (Å²) >= 11 is 7.49. The van der Waals surface area contributed by atoms with Crippen molar-refractivity contribution in [1.29, 1.82) is 0 Å². The van der Waals surface area contributed by atoms with Gasteiger partial charge < -0.3 is 5.32 Å². The summed E-state index contributed by atoms with van der Waals surface area (Å²) in [4.78, 5) is 12.7. The van der Waals surface area contributed by atoms with Gasteiger partial charge in [0.15, 0.2) is 0 Å². The van der Waals surface area contributed by atoms with E-state index in [0.717, 1.165) is 15.6 Å². The monoisotopic (exact) mass is 520 g/mol. The summed E-state index contributed by atoms with van der Waals surface area (Å²) in [7, 11) is -3.98. The molecular formula is C25H26ClFN2O3S2. The molecule has 3 aromatic carbocycles. The van der Waals surface area contributed by atoms with Crippen molar-refractivity contribution >= 4 is 45.0 Å². The van der Waals surface area contributed by atoms with Crippen LogP contribution in [-0.2, 0) is 20.6 Å². The van der Waals surface area contributed by atoms with Crippen LogP contribution in [0.3, 0.4) is 0 Å². The highest BCUT2D eigenvalue weighted by atomic mass is 35.5. The third-order valence-electron chi connectivity index (χ3n) is 4.98. The maximum absolute atomic E-state index is 13.7. The topological polar surface area (TPSA) is 66.5 Å². The molecule has 1 N–H and O–H groups in total. The number of anilines is 1. The maximum atomic E-state index is 13.7. The van der Waals surface area contributed by atoms with Crippen LogP contribution in [0.5, 0.6) is 0 Å². The predicted molar refractivity (Wildman–Crippen MR) is 137 cm³/mol. The Labute approximate surface area is 209 Å². The number of benzene rings is 3. The molecule has 0 aliphatic rings. The van der Waals surface area contributed by atoms with Crippen LogP contribution in [0.15, 0.2) is 77.7 Å². The first-order valence-corrected chi connectivity index (χ1v) is 13.7. The first-order valence-electron chi connectivity index (χ1n) is 10.7. The average molecular weight is 521 g/mol. The Kier molecular flexibility index (Phi) is 9.38. The van der Waals surface area contributed by atoms with Crippen molar-refractivity contribution in [3.8, 4) is 0 Å². The zero-order chi connectivity index (χ0) is 24.6. The Bertz CT molecular complexity index is 1220. The molecule has 180 valence electrons. The van der Waals surface area contributed by atoms with Crippen LogP contribution in [0.25, 0.3) is 0 Å². The average Bonchev–Trinajstić information content (AvgIpc) is 2.81. The van der Waals surface area contributed by atoms with Gasteiger partial charge in [0.25, 0.3) is 10.0 Å². The van der Waals surface area contributed by atoms with Crippen LogP contribution in [-0.4, -0.2) is 33.2 Å². The number of hydrogen-bond acceptors (Lipinski definition) is 4. The molecule has 3 rings (SSSR count). The Morgan fingerprint density at radius 2 is 1.79 bits per heavy atom. The molecule has 0 saturated carbocycles. The SMILES string of the molecule is Cc1cccc(N(CC(=O)NCCCSCc2ccccc2F)S(=O)(=O)c2ccc(Cl)cc2)c1. The third kappa shape index (κ3) is 7.22. The summed E-state index contributed by atoms with van der Waals surface area (Å²) in [6.07, 6.45) is 0.680. The molecular weight excluding hydrogens is 495 g/mol. The first kappa shape index (κ1) is 26.1. The molecule has 0 aromatic heterocycles. The maximum Gasteiger partial charge on any atom is 0.264 e. The number of rotatable bonds is 11. The molecule has 0 heterocycles. The summed E-state index contributed by atoms with van der Waals surface area (Å²) < 4.78 is 41.4. The van der Waals surface area contributed by atoms with E-state index in [1.54, 1.807) is 48.2 Å². The fourth-order valence-electron chi connectivity index (χ4n) is 3.22. The number of nitrogens with one attached hydrogen (secondary N) is 1. The molecule has 0 radical (unpaired) electrons. The van der Waals surface area contributed by atoms with E-state index in [4.69, 9.17) is 11.6 Å². The van der Waals surface area contributed by atoms with Gasteiger partial charge in [-0.25, -0.2) is 12.8 Å². The minimum absolute atomic E-state index is 0.0516. The van der Waals surface area contributed by atoms with Crippen LogP contribution in [0.1, 0.15) is 17.5 Å². The van der Waals surface area contributed by atoms with Gasteiger partial charge in [-0.15, -0.1) is 0 Å². The van der Waals surface area contributed by atoms with Crippen molar-refractivity contribution in [3.05, 3.63) is 94.8 Å². The van der Waals surface area contributed by atoms with Gasteiger partial charge >= 0.3 is 0 Å². The summed E-state index contributed by atoms with van der Waals surface area (Å²) in [6, 6.07) is 19.5. The highest BCUT2D eigenvalue weighted by Crippen LogP contribution is 2.25. The van der Waals surface area contributed by atoms with Crippen LogP contribution >= 0.6 is 23.4 Å². The highest BCUT2D eigenvalue weighted by molar-refractivity contribution is 7.98. The Hall–Kier alpha value is -2.55. The fraction of sp³-hybridized carbons (Fsp3) is 0.240. The zero-order valence-corrected chi connectivity index (χ0v) is 21.1. The van der Waals surface area contributed by atoms with E-state index in [9.17, 15) is 17.6 Å². The van der Waals surface area contributed by atoms with Gasteiger partial charge in [0.05, 0.1) is 10.6 Å². The molecule has 0 spiro atoms. The second-order valence-electron chi connectivity index (χ2n) is 7.65. The van der Waals surface area contributed by atoms with Gasteiger partial charge in [-0.1, -0.05) is 41.9 Å². The Morgan fingerprint density at radius 3 is 2.50 bits per heavy atom. The Morgan fingerprint density at radius 1 is 1.06 bits per heavy atom. The highest BCUT2D eigenvalue weighted by Gasteiger charge is 2.27. The summed E-state index contributed by atoms with van der Waals surface area (Å²) in [5.41, 5.74) is 1.93. The lowest BCUT2D eigenvalue weighted by Crippen LogP contribution is -2.41. The number of thioether (sulfide) groups is 1. The van der Waals surface area contributed by atoms with Crippen molar-refractivity contribution in [2.75, 3.05) is 23.1 Å². The summed E-state index contributed by atoms with van der Waals surface area (Å²) in [5, 5.41) is 3.21. The molecule has 0 bridgehead atoms. The van der Waals surface area contributed by atoms with E-state index in [1.165, 1.54) is 30.3 Å². The molecule has 0 aliphatic heterocycles. The minimum atomic E-state index is -3.98. The molecule has 0 aliphatic carbocycles. The first-order chi connectivity index (χ1) is 16.3. The van der Waals surface area contributed by atoms with Gasteiger partial charge in [-0.2, -0.15) is 11.8 Å². The molecule has 1 amide bonds. The van der Waals surface area contributed by atoms with Gasteiger partial charge in [0.2, 0.25) is 5.91 Å². The van der Waals surface area contributed by atoms with E-state index in [-0.39, 0.29) is 17.3 Å². The lowest BCUT2D eigenvalue weighted by Gasteiger charge is -2.24. The van der Waals surface area contributed by atoms with E-state index >= 15 is 0 Å². The summed E-state index contributed by atoms with van der Waals surface area (Å²) in [5.74, 6) is 0.667. The minimum Gasteiger partial charge on any atom is -0.354 e. The van der Waals surface area contributed by atoms with Crippen molar-refractivity contribution < 1.29 is 17.6 Å². The van der Waals surface area contributed by atoms with Crippen LogP contribution in [0, 0.1) is 12.7 Å². The van der Waals surface area contributed by atoms with Crippen molar-refractivity contribution in [2.45, 2.75) is 24.0 Å². The smallest absolute Gasteiger partial charge is 0.264 e. The summed E-state index contributed by atoms with van der Waals surface area (Å²) in [6.45, 7) is 1.90. The predicted octanol–water partition coefficient (Wildman–Crippen LogP) is 5.42. The number of hydrogen-bond donors (Lipinski definition) is 1. The zero-order valence-electron chi connectivity index (χ0n) is 18.7. The number of sulfonamides is 1. The standard InChI is InChI=1S/C25H26ClFN2O3S2/c1-19-6-4-8-22(16-19)29(34(31,32)23-12-10-21(26)11-13-23)17-25(30)28-14-5-15-33-18-20-7-2-3-9-24(20)27/h2-4,6-13,16H,5,14-15,17-18H2,1H3,(H,28,30). The molecule has 34 heavy (non-hydrogen) atoms. The van der Waals surface area contributed by atoms with Crippen molar-refractivity contribution in [2.24, 2.45) is 0 Å². The van der Waals surface area contributed by atoms with Crippen molar-refractivity contribution in [3.63, 3.8) is 0 Å². The number of amides is 1. The number of carbonyl (C=O) groups is 1. The number of aryl methyl sites for hydroxylation is 1. The van der Waals surface area contributed by atoms with Crippen LogP contribution < -0.4 is 9.62 Å². The third-order valence-corrected chi connectivity index (χ3v) is 8.11.